The fraction of sp³-hybridized carbons (Fsp3) is 0.167. The molecule has 0 heterocycles. The van der Waals surface area contributed by atoms with E-state index in [0.717, 1.165) is 24.6 Å². The van der Waals surface area contributed by atoms with Crippen LogP contribution in [0.15, 0.2) is 22.2 Å². The lowest BCUT2D eigenvalue weighted by Gasteiger charge is -2.08. The molecule has 0 radical (unpaired) electrons. The molecule has 0 bridgehead atoms. The van der Waals surface area contributed by atoms with Crippen LogP contribution in [0.1, 0.15) is 15.9 Å². The van der Waals surface area contributed by atoms with Crippen molar-refractivity contribution in [3.05, 3.63) is 28.3 Å². The highest BCUT2D eigenvalue weighted by Crippen LogP contribution is 2.26. The minimum atomic E-state index is -3.61. The quantitative estimate of drug-likeness (QED) is 0.384. The van der Waals surface area contributed by atoms with Gasteiger partial charge in [-0.25, -0.2) is 13.2 Å². The van der Waals surface area contributed by atoms with Gasteiger partial charge in [-0.15, -0.1) is 6.42 Å². The number of carboxylic acid groups (broad SMARTS) is 1. The minimum Gasteiger partial charge on any atom is -0.478 e. The summed E-state index contributed by atoms with van der Waals surface area (Å²) in [6, 6.07) is 2.26. The molecule has 0 saturated carbocycles. The van der Waals surface area contributed by atoms with Gasteiger partial charge in [0, 0.05) is 11.8 Å². The van der Waals surface area contributed by atoms with Crippen LogP contribution < -0.4 is 0 Å². The smallest absolute Gasteiger partial charge is 0.337 e. The molecule has 1 aromatic rings. The average molecular weight is 316 g/mol. The molecule has 0 aliphatic carbocycles. The predicted octanol–water partition coefficient (Wildman–Crippen LogP) is 1.43. The largest absolute Gasteiger partial charge is 0.478 e. The topological polar surface area (TPSA) is 93.0 Å². The fourth-order valence-electron chi connectivity index (χ4n) is 1.35. The molecule has 0 aliphatic rings. The fourth-order valence-corrected chi connectivity index (χ4v) is 2.57. The maximum absolute atomic E-state index is 11.6. The van der Waals surface area contributed by atoms with Crippen LogP contribution in [0.2, 0.25) is 5.02 Å². The second kappa shape index (κ2) is 6.41. The number of benzene rings is 1. The summed E-state index contributed by atoms with van der Waals surface area (Å²) in [7, 11) is -3.61. The van der Waals surface area contributed by atoms with Crippen LogP contribution in [0.4, 0.5) is 0 Å². The summed E-state index contributed by atoms with van der Waals surface area (Å²) in [5.41, 5.74) is -0.302. The molecule has 8 heteroatoms. The lowest BCUT2D eigenvalue weighted by molar-refractivity contribution is 0.0697. The molecule has 0 aromatic heterocycles. The Balaban J connectivity index is 3.42. The number of halogens is 1. The van der Waals surface area contributed by atoms with Gasteiger partial charge in [0.15, 0.2) is 16.4 Å². The second-order valence-corrected chi connectivity index (χ2v) is 5.99. The Morgan fingerprint density at radius 2 is 2.25 bits per heavy atom. The van der Waals surface area contributed by atoms with Crippen molar-refractivity contribution in [2.24, 2.45) is 5.16 Å². The van der Waals surface area contributed by atoms with Crippen molar-refractivity contribution in [2.45, 2.75) is 4.90 Å². The van der Waals surface area contributed by atoms with E-state index in [1.807, 2.05) is 0 Å². The highest BCUT2D eigenvalue weighted by molar-refractivity contribution is 7.90. The zero-order valence-electron chi connectivity index (χ0n) is 10.3. The summed E-state index contributed by atoms with van der Waals surface area (Å²) in [6.45, 7) is -0.110. The summed E-state index contributed by atoms with van der Waals surface area (Å²) in [5, 5.41) is 12.2. The summed E-state index contributed by atoms with van der Waals surface area (Å²) in [6.07, 6.45) is 6.94. The summed E-state index contributed by atoms with van der Waals surface area (Å²) >= 11 is 5.90. The van der Waals surface area contributed by atoms with Gasteiger partial charge in [-0.3, -0.25) is 0 Å². The van der Waals surface area contributed by atoms with Gasteiger partial charge in [0.2, 0.25) is 0 Å². The number of terminal acetylenes is 1. The van der Waals surface area contributed by atoms with Crippen LogP contribution in [0.25, 0.3) is 0 Å². The molecule has 0 aliphatic heterocycles. The first-order valence-corrected chi connectivity index (χ1v) is 7.40. The van der Waals surface area contributed by atoms with E-state index in [1.165, 1.54) is 0 Å². The monoisotopic (exact) mass is 315 g/mol. The highest BCUT2D eigenvalue weighted by Gasteiger charge is 2.20. The van der Waals surface area contributed by atoms with Crippen molar-refractivity contribution in [3.63, 3.8) is 0 Å². The standard InChI is InChI=1S/C12H10ClNO5S/c1-3-6-19-14-7-9-10(20(2,17)18)5-4-8(11(9)13)12(15)16/h1,4-5,7H,6H2,2H3,(H,15,16)/b14-7+. The van der Waals surface area contributed by atoms with Gasteiger partial charge in [-0.2, -0.15) is 0 Å². The molecule has 0 spiro atoms. The summed E-state index contributed by atoms with van der Waals surface area (Å²) < 4.78 is 23.3. The van der Waals surface area contributed by atoms with E-state index in [-0.39, 0.29) is 27.7 Å². The molecule has 106 valence electrons. The third kappa shape index (κ3) is 3.73. The lowest BCUT2D eigenvalue weighted by atomic mass is 10.1. The van der Waals surface area contributed by atoms with Gasteiger partial charge in [-0.1, -0.05) is 22.7 Å². The molecule has 0 atom stereocenters. The Kier molecular flexibility index (Phi) is 5.13. The number of carboxylic acids is 1. The molecular formula is C12H10ClNO5S. The molecule has 0 amide bonds. The first kappa shape index (κ1) is 16.0. The van der Waals surface area contributed by atoms with Crippen LogP contribution in [0, 0.1) is 12.3 Å². The minimum absolute atomic E-state index is 0.0638. The van der Waals surface area contributed by atoms with Gasteiger partial charge in [0.25, 0.3) is 0 Å². The number of hydrogen-bond acceptors (Lipinski definition) is 5. The van der Waals surface area contributed by atoms with E-state index in [0.29, 0.717) is 0 Å². The third-order valence-electron chi connectivity index (χ3n) is 2.17. The first-order chi connectivity index (χ1) is 9.29. The van der Waals surface area contributed by atoms with Crippen molar-refractivity contribution in [1.82, 2.24) is 0 Å². The van der Waals surface area contributed by atoms with Crippen LogP contribution in [-0.2, 0) is 14.7 Å². The van der Waals surface area contributed by atoms with E-state index in [1.54, 1.807) is 0 Å². The zero-order chi connectivity index (χ0) is 15.3. The van der Waals surface area contributed by atoms with Crippen molar-refractivity contribution in [1.29, 1.82) is 0 Å². The molecule has 20 heavy (non-hydrogen) atoms. The van der Waals surface area contributed by atoms with Crippen molar-refractivity contribution >= 4 is 33.6 Å². The Bertz CT molecular complexity index is 703. The molecule has 6 nitrogen and oxygen atoms in total. The number of oxime groups is 1. The SMILES string of the molecule is C#CCO/N=C/c1c(S(C)(=O)=O)ccc(C(=O)O)c1Cl. The van der Waals surface area contributed by atoms with Gasteiger partial charge in [0.05, 0.1) is 21.7 Å². The van der Waals surface area contributed by atoms with E-state index >= 15 is 0 Å². The van der Waals surface area contributed by atoms with Crippen LogP contribution in [0.3, 0.4) is 0 Å². The molecule has 0 unspecified atom stereocenters. The molecule has 1 aromatic carbocycles. The van der Waals surface area contributed by atoms with Gasteiger partial charge < -0.3 is 9.94 Å². The normalized spacial score (nSPS) is 11.2. The van der Waals surface area contributed by atoms with E-state index in [9.17, 15) is 13.2 Å². The molecule has 1 rings (SSSR count). The second-order valence-electron chi connectivity index (χ2n) is 3.63. The van der Waals surface area contributed by atoms with Crippen LogP contribution >= 0.6 is 11.6 Å². The maximum atomic E-state index is 11.6. The Morgan fingerprint density at radius 1 is 1.60 bits per heavy atom. The predicted molar refractivity (Wildman–Crippen MR) is 73.9 cm³/mol. The number of aromatic carboxylic acids is 1. The maximum Gasteiger partial charge on any atom is 0.337 e. The Labute approximate surface area is 120 Å². The number of sulfone groups is 1. The number of rotatable bonds is 5. The van der Waals surface area contributed by atoms with E-state index in [2.05, 4.69) is 15.9 Å². The van der Waals surface area contributed by atoms with Crippen molar-refractivity contribution < 1.29 is 23.2 Å². The van der Waals surface area contributed by atoms with Crippen LogP contribution in [-0.4, -0.2) is 38.6 Å². The molecule has 1 N–H and O–H groups in total. The first-order valence-electron chi connectivity index (χ1n) is 5.13. The molecular weight excluding hydrogens is 306 g/mol. The van der Waals surface area contributed by atoms with Gasteiger partial charge in [-0.05, 0) is 12.1 Å². The van der Waals surface area contributed by atoms with E-state index < -0.39 is 15.8 Å². The average Bonchev–Trinajstić information content (AvgIpc) is 2.34. The third-order valence-corrected chi connectivity index (χ3v) is 3.74. The lowest BCUT2D eigenvalue weighted by Crippen LogP contribution is -2.07. The Hall–Kier alpha value is -2.04. The van der Waals surface area contributed by atoms with Crippen molar-refractivity contribution in [2.75, 3.05) is 12.9 Å². The van der Waals surface area contributed by atoms with Gasteiger partial charge >= 0.3 is 5.97 Å². The summed E-state index contributed by atoms with van der Waals surface area (Å²) in [5.74, 6) is 0.879. The Morgan fingerprint density at radius 3 is 2.75 bits per heavy atom. The number of hydrogen-bond donors (Lipinski definition) is 1. The summed E-state index contributed by atoms with van der Waals surface area (Å²) in [4.78, 5) is 15.5. The highest BCUT2D eigenvalue weighted by atomic mass is 35.5. The zero-order valence-corrected chi connectivity index (χ0v) is 11.9. The van der Waals surface area contributed by atoms with Crippen LogP contribution in [0.5, 0.6) is 0 Å². The van der Waals surface area contributed by atoms with Crippen molar-refractivity contribution in [3.8, 4) is 12.3 Å². The molecule has 0 fully saturated rings. The molecule has 0 saturated heterocycles. The van der Waals surface area contributed by atoms with Gasteiger partial charge in [0.1, 0.15) is 0 Å². The van der Waals surface area contributed by atoms with E-state index in [4.69, 9.17) is 23.1 Å². The number of carbonyl (C=O) groups is 1. The number of nitrogens with zero attached hydrogens (tertiary/aromatic N) is 1.